The van der Waals surface area contributed by atoms with Crippen LogP contribution in [-0.4, -0.2) is 51.3 Å². The van der Waals surface area contributed by atoms with Gasteiger partial charge in [0, 0.05) is 25.2 Å². The van der Waals surface area contributed by atoms with E-state index in [2.05, 4.69) is 25.9 Å². The maximum absolute atomic E-state index is 12.2. The number of carbonyl (C=O) groups is 1. The van der Waals surface area contributed by atoms with Gasteiger partial charge in [0.05, 0.1) is 27.9 Å². The predicted molar refractivity (Wildman–Crippen MR) is 137 cm³/mol. The van der Waals surface area contributed by atoms with Crippen molar-refractivity contribution in [1.29, 1.82) is 0 Å². The molecule has 0 unspecified atom stereocenters. The van der Waals surface area contributed by atoms with Crippen molar-refractivity contribution in [3.8, 4) is 17.2 Å². The standard InChI is InChI=1S/C22H31N5O4.HI/c1-6-23-22(24-11-10-20(28)27-19-9-7-8-15(2)26-19)25-14-16-12-17(29-3)21(31-5)18(13-16)30-4;/h7-9,12-13H,6,10-11,14H2,1-5H3,(H2,23,24,25)(H,26,27,28);1H. The molecular weight excluding hydrogens is 525 g/mol. The quantitative estimate of drug-likeness (QED) is 0.234. The van der Waals surface area contributed by atoms with Crippen molar-refractivity contribution in [3.05, 3.63) is 41.6 Å². The van der Waals surface area contributed by atoms with E-state index in [0.717, 1.165) is 11.3 Å². The van der Waals surface area contributed by atoms with Crippen LogP contribution in [0.3, 0.4) is 0 Å². The van der Waals surface area contributed by atoms with Crippen molar-refractivity contribution < 1.29 is 19.0 Å². The van der Waals surface area contributed by atoms with Gasteiger partial charge < -0.3 is 30.2 Å². The second-order valence-corrected chi connectivity index (χ2v) is 6.62. The number of hydrogen-bond donors (Lipinski definition) is 3. The van der Waals surface area contributed by atoms with E-state index >= 15 is 0 Å². The number of amides is 1. The Bertz CT molecular complexity index is 883. The number of aromatic nitrogens is 1. The van der Waals surface area contributed by atoms with Crippen molar-refractivity contribution in [3.63, 3.8) is 0 Å². The highest BCUT2D eigenvalue weighted by Gasteiger charge is 2.13. The van der Waals surface area contributed by atoms with E-state index in [-0.39, 0.29) is 36.3 Å². The van der Waals surface area contributed by atoms with Gasteiger partial charge in [-0.25, -0.2) is 9.98 Å². The zero-order valence-electron chi connectivity index (χ0n) is 19.2. The molecule has 1 aromatic carbocycles. The summed E-state index contributed by atoms with van der Waals surface area (Å²) in [5.41, 5.74) is 1.75. The minimum atomic E-state index is -0.119. The van der Waals surface area contributed by atoms with Crippen molar-refractivity contribution in [1.82, 2.24) is 15.6 Å². The number of methoxy groups -OCH3 is 3. The summed E-state index contributed by atoms with van der Waals surface area (Å²) in [4.78, 5) is 21.0. The van der Waals surface area contributed by atoms with Gasteiger partial charge in [-0.2, -0.15) is 0 Å². The largest absolute Gasteiger partial charge is 0.493 e. The van der Waals surface area contributed by atoms with E-state index in [9.17, 15) is 4.79 Å². The van der Waals surface area contributed by atoms with Crippen LogP contribution in [0.4, 0.5) is 5.82 Å². The molecule has 32 heavy (non-hydrogen) atoms. The lowest BCUT2D eigenvalue weighted by atomic mass is 10.2. The topological polar surface area (TPSA) is 106 Å². The molecule has 0 spiro atoms. The average Bonchev–Trinajstić information content (AvgIpc) is 2.76. The van der Waals surface area contributed by atoms with Crippen molar-refractivity contribution in [2.45, 2.75) is 26.8 Å². The van der Waals surface area contributed by atoms with Crippen LogP contribution in [0.15, 0.2) is 35.3 Å². The number of rotatable bonds is 10. The molecule has 1 amide bonds. The van der Waals surface area contributed by atoms with Crippen LogP contribution in [0, 0.1) is 6.92 Å². The van der Waals surface area contributed by atoms with Crippen molar-refractivity contribution in [2.75, 3.05) is 39.7 Å². The molecule has 0 fully saturated rings. The summed E-state index contributed by atoms with van der Waals surface area (Å²) in [6, 6.07) is 9.22. The molecule has 3 N–H and O–H groups in total. The molecule has 0 aliphatic carbocycles. The molecule has 2 aromatic rings. The molecule has 0 atom stereocenters. The second-order valence-electron chi connectivity index (χ2n) is 6.62. The van der Waals surface area contributed by atoms with E-state index in [1.807, 2.05) is 38.1 Å². The SMILES string of the molecule is CCNC(=NCc1cc(OC)c(OC)c(OC)c1)NCCC(=O)Nc1cccc(C)n1.I. The molecular formula is C22H32IN5O4. The third kappa shape index (κ3) is 8.40. The Kier molecular flexibility index (Phi) is 12.2. The fraction of sp³-hybridized carbons (Fsp3) is 0.409. The number of ether oxygens (including phenoxy) is 3. The summed E-state index contributed by atoms with van der Waals surface area (Å²) in [7, 11) is 4.72. The first-order valence-electron chi connectivity index (χ1n) is 10.0. The minimum Gasteiger partial charge on any atom is -0.493 e. The molecule has 2 rings (SSSR count). The van der Waals surface area contributed by atoms with Gasteiger partial charge >= 0.3 is 0 Å². The van der Waals surface area contributed by atoms with Crippen LogP contribution in [0.2, 0.25) is 0 Å². The monoisotopic (exact) mass is 557 g/mol. The zero-order valence-corrected chi connectivity index (χ0v) is 21.5. The molecule has 0 radical (unpaired) electrons. The molecule has 0 aliphatic heterocycles. The Labute approximate surface area is 206 Å². The molecule has 0 bridgehead atoms. The Hall–Kier alpha value is -2.76. The molecule has 0 saturated carbocycles. The molecule has 0 aliphatic rings. The molecule has 1 aromatic heterocycles. The van der Waals surface area contributed by atoms with E-state index < -0.39 is 0 Å². The number of halogens is 1. The normalized spacial score (nSPS) is 10.6. The Balaban J connectivity index is 0.00000512. The third-order valence-corrected chi connectivity index (χ3v) is 4.29. The molecule has 176 valence electrons. The predicted octanol–water partition coefficient (Wildman–Crippen LogP) is 3.12. The van der Waals surface area contributed by atoms with Crippen molar-refractivity contribution in [2.24, 2.45) is 4.99 Å². The highest BCUT2D eigenvalue weighted by atomic mass is 127. The highest BCUT2D eigenvalue weighted by Crippen LogP contribution is 2.38. The van der Waals surface area contributed by atoms with Gasteiger partial charge in [-0.05, 0) is 43.7 Å². The van der Waals surface area contributed by atoms with Crippen molar-refractivity contribution >= 4 is 41.7 Å². The number of nitrogens with zero attached hydrogens (tertiary/aromatic N) is 2. The van der Waals surface area contributed by atoms with E-state index in [0.29, 0.717) is 48.7 Å². The van der Waals surface area contributed by atoms with Gasteiger partial charge in [0.2, 0.25) is 11.7 Å². The van der Waals surface area contributed by atoms with Crippen LogP contribution in [0.1, 0.15) is 24.6 Å². The third-order valence-electron chi connectivity index (χ3n) is 4.29. The van der Waals surface area contributed by atoms with Crippen LogP contribution < -0.4 is 30.2 Å². The summed E-state index contributed by atoms with van der Waals surface area (Å²) in [6.45, 7) is 5.38. The summed E-state index contributed by atoms with van der Waals surface area (Å²) < 4.78 is 16.1. The maximum atomic E-state index is 12.2. The number of anilines is 1. The van der Waals surface area contributed by atoms with Crippen LogP contribution in [-0.2, 0) is 11.3 Å². The van der Waals surface area contributed by atoms with E-state index in [1.165, 1.54) is 0 Å². The van der Waals surface area contributed by atoms with Crippen LogP contribution in [0.5, 0.6) is 17.2 Å². The first-order valence-corrected chi connectivity index (χ1v) is 10.0. The van der Waals surface area contributed by atoms with Crippen LogP contribution >= 0.6 is 24.0 Å². The number of guanidine groups is 1. The Morgan fingerprint density at radius 2 is 1.75 bits per heavy atom. The Morgan fingerprint density at radius 3 is 2.31 bits per heavy atom. The van der Waals surface area contributed by atoms with E-state index in [1.54, 1.807) is 27.4 Å². The van der Waals surface area contributed by atoms with Gasteiger partial charge in [0.15, 0.2) is 17.5 Å². The molecule has 1 heterocycles. The lowest BCUT2D eigenvalue weighted by Crippen LogP contribution is -2.38. The number of benzene rings is 1. The molecule has 0 saturated heterocycles. The smallest absolute Gasteiger partial charge is 0.227 e. The first kappa shape index (κ1) is 27.3. The summed E-state index contributed by atoms with van der Waals surface area (Å²) in [5, 5.41) is 9.13. The highest BCUT2D eigenvalue weighted by molar-refractivity contribution is 14.0. The van der Waals surface area contributed by atoms with E-state index in [4.69, 9.17) is 14.2 Å². The summed E-state index contributed by atoms with van der Waals surface area (Å²) in [6.07, 6.45) is 0.282. The van der Waals surface area contributed by atoms with Gasteiger partial charge in [-0.1, -0.05) is 6.07 Å². The number of nitrogens with one attached hydrogen (secondary N) is 3. The number of pyridine rings is 1. The Morgan fingerprint density at radius 1 is 1.06 bits per heavy atom. The fourth-order valence-electron chi connectivity index (χ4n) is 2.85. The lowest BCUT2D eigenvalue weighted by Gasteiger charge is -2.14. The van der Waals surface area contributed by atoms with Gasteiger partial charge in [0.1, 0.15) is 5.82 Å². The summed E-state index contributed by atoms with van der Waals surface area (Å²) in [5.74, 6) is 2.73. The first-order chi connectivity index (χ1) is 15.0. The number of carbonyl (C=O) groups excluding carboxylic acids is 1. The molecule has 9 nitrogen and oxygen atoms in total. The zero-order chi connectivity index (χ0) is 22.6. The number of hydrogen-bond acceptors (Lipinski definition) is 6. The second kappa shape index (κ2) is 14.3. The number of aliphatic imine (C=N–C) groups is 1. The minimum absolute atomic E-state index is 0. The number of aryl methyl sites for hydroxylation is 1. The summed E-state index contributed by atoms with van der Waals surface area (Å²) >= 11 is 0. The fourth-order valence-corrected chi connectivity index (χ4v) is 2.85. The van der Waals surface area contributed by atoms with Gasteiger partial charge in [-0.3, -0.25) is 4.79 Å². The lowest BCUT2D eigenvalue weighted by molar-refractivity contribution is -0.116. The maximum Gasteiger partial charge on any atom is 0.227 e. The van der Waals surface area contributed by atoms with Gasteiger partial charge in [-0.15, -0.1) is 24.0 Å². The van der Waals surface area contributed by atoms with Crippen LogP contribution in [0.25, 0.3) is 0 Å². The average molecular weight is 557 g/mol. The van der Waals surface area contributed by atoms with Gasteiger partial charge in [0.25, 0.3) is 0 Å². The molecule has 10 heteroatoms.